The minimum atomic E-state index is 1.12. The topological polar surface area (TPSA) is 0 Å². The van der Waals surface area contributed by atoms with E-state index >= 15 is 0 Å². The molecule has 1 rings (SSSR count). The third-order valence-corrected chi connectivity index (χ3v) is 3.06. The van der Waals surface area contributed by atoms with E-state index in [9.17, 15) is 0 Å². The summed E-state index contributed by atoms with van der Waals surface area (Å²) in [6.45, 7) is 6.76. The molecule has 0 unspecified atom stereocenters. The van der Waals surface area contributed by atoms with Gasteiger partial charge >= 0.3 is 0 Å². The SMILES string of the molecule is CCCCC1=C(CCCC)C(C)=[C]C1. The van der Waals surface area contributed by atoms with Gasteiger partial charge in [0.25, 0.3) is 0 Å². The van der Waals surface area contributed by atoms with E-state index in [2.05, 4.69) is 26.8 Å². The number of hydrogen-bond acceptors (Lipinski definition) is 0. The molecule has 0 heterocycles. The van der Waals surface area contributed by atoms with Gasteiger partial charge in [0, 0.05) is 0 Å². The van der Waals surface area contributed by atoms with E-state index in [4.69, 9.17) is 0 Å². The highest BCUT2D eigenvalue weighted by Gasteiger charge is 2.13. The molecular formula is C14H23. The van der Waals surface area contributed by atoms with Crippen LogP contribution in [0, 0.1) is 6.08 Å². The fraction of sp³-hybridized carbons (Fsp3) is 0.714. The third-order valence-electron chi connectivity index (χ3n) is 3.06. The maximum Gasteiger partial charge on any atom is -0.00555 e. The van der Waals surface area contributed by atoms with Crippen LogP contribution in [0.25, 0.3) is 0 Å². The lowest BCUT2D eigenvalue weighted by atomic mass is 9.97. The van der Waals surface area contributed by atoms with Crippen molar-refractivity contribution in [2.75, 3.05) is 0 Å². The Balaban J connectivity index is 2.54. The normalized spacial score (nSPS) is 16.4. The van der Waals surface area contributed by atoms with Crippen LogP contribution in [0.15, 0.2) is 16.7 Å². The summed E-state index contributed by atoms with van der Waals surface area (Å²) in [6.07, 6.45) is 12.5. The Kier molecular flexibility index (Phi) is 5.00. The van der Waals surface area contributed by atoms with Crippen LogP contribution in [-0.4, -0.2) is 0 Å². The van der Waals surface area contributed by atoms with Crippen molar-refractivity contribution in [3.63, 3.8) is 0 Å². The average Bonchev–Trinajstić information content (AvgIpc) is 2.53. The summed E-state index contributed by atoms with van der Waals surface area (Å²) in [7, 11) is 0. The van der Waals surface area contributed by atoms with Crippen LogP contribution in [0.3, 0.4) is 0 Å². The second-order valence-corrected chi connectivity index (χ2v) is 4.27. The highest BCUT2D eigenvalue weighted by Crippen LogP contribution is 2.32. The lowest BCUT2D eigenvalue weighted by Gasteiger charge is -2.08. The monoisotopic (exact) mass is 191 g/mol. The van der Waals surface area contributed by atoms with Gasteiger partial charge in [-0.3, -0.25) is 0 Å². The van der Waals surface area contributed by atoms with E-state index < -0.39 is 0 Å². The molecule has 0 aromatic rings. The number of hydrogen-bond donors (Lipinski definition) is 0. The molecule has 0 aromatic carbocycles. The zero-order chi connectivity index (χ0) is 10.4. The first-order valence-electron chi connectivity index (χ1n) is 6.08. The summed E-state index contributed by atoms with van der Waals surface area (Å²) in [5.41, 5.74) is 4.75. The molecule has 0 aromatic heterocycles. The standard InChI is InChI=1S/C14H23/c1-4-6-8-13-11-10-12(3)14(13)9-7-5-2/h4-9,11H2,1-3H3. The molecule has 14 heavy (non-hydrogen) atoms. The molecule has 1 radical (unpaired) electrons. The van der Waals surface area contributed by atoms with Crippen molar-refractivity contribution in [2.24, 2.45) is 0 Å². The van der Waals surface area contributed by atoms with Gasteiger partial charge in [-0.25, -0.2) is 0 Å². The van der Waals surface area contributed by atoms with Gasteiger partial charge in [0.2, 0.25) is 0 Å². The van der Waals surface area contributed by atoms with Gasteiger partial charge in [-0.05, 0) is 56.3 Å². The van der Waals surface area contributed by atoms with Crippen LogP contribution < -0.4 is 0 Å². The lowest BCUT2D eigenvalue weighted by Crippen LogP contribution is -1.89. The highest BCUT2D eigenvalue weighted by atomic mass is 14.2. The molecule has 0 amide bonds. The van der Waals surface area contributed by atoms with Crippen molar-refractivity contribution in [3.8, 4) is 0 Å². The molecule has 79 valence electrons. The smallest absolute Gasteiger partial charge is 0.00555 e. The molecule has 0 spiro atoms. The molecule has 0 saturated heterocycles. The molecule has 0 N–H and O–H groups in total. The fourth-order valence-corrected chi connectivity index (χ4v) is 2.07. The quantitative estimate of drug-likeness (QED) is 0.565. The zero-order valence-corrected chi connectivity index (χ0v) is 9.95. The van der Waals surface area contributed by atoms with Crippen LogP contribution in [-0.2, 0) is 0 Å². The zero-order valence-electron chi connectivity index (χ0n) is 9.95. The second-order valence-electron chi connectivity index (χ2n) is 4.27. The van der Waals surface area contributed by atoms with Gasteiger partial charge in [0.15, 0.2) is 0 Å². The van der Waals surface area contributed by atoms with Crippen molar-refractivity contribution in [1.82, 2.24) is 0 Å². The number of rotatable bonds is 6. The van der Waals surface area contributed by atoms with Crippen LogP contribution in [0.2, 0.25) is 0 Å². The summed E-state index contributed by atoms with van der Waals surface area (Å²) in [5.74, 6) is 0. The van der Waals surface area contributed by atoms with Crippen LogP contribution in [0.1, 0.15) is 65.7 Å². The Hall–Kier alpha value is -0.520. The van der Waals surface area contributed by atoms with Gasteiger partial charge in [-0.1, -0.05) is 32.3 Å². The number of unbranched alkanes of at least 4 members (excludes halogenated alkanes) is 2. The predicted molar refractivity (Wildman–Crippen MR) is 63.1 cm³/mol. The first-order valence-corrected chi connectivity index (χ1v) is 6.08. The van der Waals surface area contributed by atoms with Gasteiger partial charge in [0.05, 0.1) is 0 Å². The minimum absolute atomic E-state index is 1.12. The molecule has 1 aliphatic rings. The van der Waals surface area contributed by atoms with Gasteiger partial charge < -0.3 is 0 Å². The largest absolute Gasteiger partial charge is 0.0654 e. The maximum atomic E-state index is 3.48. The molecule has 0 nitrogen and oxygen atoms in total. The van der Waals surface area contributed by atoms with Gasteiger partial charge in [0.1, 0.15) is 0 Å². The molecule has 0 saturated carbocycles. The fourth-order valence-electron chi connectivity index (χ4n) is 2.07. The van der Waals surface area contributed by atoms with Gasteiger partial charge in [-0.2, -0.15) is 0 Å². The third kappa shape index (κ3) is 3.01. The minimum Gasteiger partial charge on any atom is -0.0654 e. The average molecular weight is 191 g/mol. The molecule has 0 fully saturated rings. The highest BCUT2D eigenvalue weighted by molar-refractivity contribution is 5.38. The van der Waals surface area contributed by atoms with Crippen LogP contribution in [0.4, 0.5) is 0 Å². The summed E-state index contributed by atoms with van der Waals surface area (Å²) in [5, 5.41) is 0. The summed E-state index contributed by atoms with van der Waals surface area (Å²) < 4.78 is 0. The van der Waals surface area contributed by atoms with E-state index in [-0.39, 0.29) is 0 Å². The molecule has 0 bridgehead atoms. The summed E-state index contributed by atoms with van der Waals surface area (Å²) in [6, 6.07) is 0. The Labute approximate surface area is 89.1 Å². The molecule has 0 atom stereocenters. The van der Waals surface area contributed by atoms with Crippen molar-refractivity contribution in [3.05, 3.63) is 22.8 Å². The molecular weight excluding hydrogens is 168 g/mol. The Morgan fingerprint density at radius 2 is 1.71 bits per heavy atom. The van der Waals surface area contributed by atoms with E-state index in [1.165, 1.54) is 44.1 Å². The van der Waals surface area contributed by atoms with Gasteiger partial charge in [-0.15, -0.1) is 0 Å². The first-order chi connectivity index (χ1) is 6.79. The first kappa shape index (κ1) is 11.6. The summed E-state index contributed by atoms with van der Waals surface area (Å²) in [4.78, 5) is 0. The van der Waals surface area contributed by atoms with Crippen LogP contribution in [0.5, 0.6) is 0 Å². The molecule has 1 aliphatic carbocycles. The Morgan fingerprint density at radius 1 is 1.07 bits per heavy atom. The van der Waals surface area contributed by atoms with E-state index in [0.29, 0.717) is 0 Å². The van der Waals surface area contributed by atoms with Crippen molar-refractivity contribution in [1.29, 1.82) is 0 Å². The lowest BCUT2D eigenvalue weighted by molar-refractivity contribution is 0.748. The van der Waals surface area contributed by atoms with E-state index in [1.807, 2.05) is 0 Å². The van der Waals surface area contributed by atoms with Crippen molar-refractivity contribution < 1.29 is 0 Å². The van der Waals surface area contributed by atoms with E-state index in [0.717, 1.165) is 6.42 Å². The van der Waals surface area contributed by atoms with Crippen molar-refractivity contribution >= 4 is 0 Å². The molecule has 0 heteroatoms. The van der Waals surface area contributed by atoms with Crippen LogP contribution >= 0.6 is 0 Å². The second kappa shape index (κ2) is 6.06. The Bertz CT molecular complexity index is 230. The van der Waals surface area contributed by atoms with Crippen molar-refractivity contribution in [2.45, 2.75) is 65.7 Å². The number of allylic oxidation sites excluding steroid dienone is 4. The maximum absolute atomic E-state index is 3.48. The summed E-state index contributed by atoms with van der Waals surface area (Å²) >= 11 is 0. The van der Waals surface area contributed by atoms with E-state index in [1.54, 1.807) is 11.1 Å². The predicted octanol–water partition coefficient (Wildman–Crippen LogP) is 4.82. The Morgan fingerprint density at radius 3 is 2.36 bits per heavy atom. The molecule has 0 aliphatic heterocycles.